The molecule has 3 rings (SSSR count). The molecule has 1 aliphatic rings. The molecule has 1 atom stereocenters. The maximum atomic E-state index is 12.6. The molecule has 2 amide bonds. The zero-order valence-electron chi connectivity index (χ0n) is 14.0. The smallest absolute Gasteiger partial charge is 0.228 e. The molecule has 2 heterocycles. The number of para-hydroxylation sites is 1. The van der Waals surface area contributed by atoms with Crippen molar-refractivity contribution in [3.8, 4) is 0 Å². The Morgan fingerprint density at radius 3 is 3.04 bits per heavy atom. The van der Waals surface area contributed by atoms with Crippen LogP contribution in [0.3, 0.4) is 0 Å². The maximum Gasteiger partial charge on any atom is 0.228 e. The fourth-order valence-electron chi connectivity index (χ4n) is 3.17. The molecule has 0 bridgehead atoms. The Bertz CT molecular complexity index is 725. The Morgan fingerprint density at radius 2 is 2.21 bits per heavy atom. The Balaban J connectivity index is 1.61. The number of benzene rings is 1. The van der Waals surface area contributed by atoms with Crippen molar-refractivity contribution in [1.29, 1.82) is 0 Å². The van der Waals surface area contributed by atoms with Gasteiger partial charge < -0.3 is 14.7 Å². The lowest BCUT2D eigenvalue weighted by atomic mass is 10.0. The summed E-state index contributed by atoms with van der Waals surface area (Å²) in [5.74, 6) is 0.0998. The van der Waals surface area contributed by atoms with Crippen LogP contribution in [0.5, 0.6) is 0 Å². The van der Waals surface area contributed by atoms with Crippen LogP contribution < -0.4 is 5.32 Å². The van der Waals surface area contributed by atoms with Gasteiger partial charge in [-0.25, -0.2) is 0 Å². The minimum atomic E-state index is 0.0310. The number of hydrogen-bond donors (Lipinski definition) is 1. The van der Waals surface area contributed by atoms with Crippen molar-refractivity contribution in [1.82, 2.24) is 15.4 Å². The number of hydrogen-bond acceptors (Lipinski definition) is 4. The molecule has 1 N–H and O–H groups in total. The lowest BCUT2D eigenvalue weighted by Gasteiger charge is -2.33. The summed E-state index contributed by atoms with van der Waals surface area (Å²) >= 11 is 0. The molecule has 1 aromatic heterocycles. The fraction of sp³-hybridized carbons (Fsp3) is 0.500. The van der Waals surface area contributed by atoms with Crippen LogP contribution in [0.4, 0.5) is 0 Å². The van der Waals surface area contributed by atoms with Crippen molar-refractivity contribution >= 4 is 22.8 Å². The van der Waals surface area contributed by atoms with Crippen molar-refractivity contribution in [2.45, 2.75) is 45.1 Å². The zero-order chi connectivity index (χ0) is 16.9. The van der Waals surface area contributed by atoms with Crippen LogP contribution >= 0.6 is 0 Å². The minimum Gasteiger partial charge on any atom is -0.356 e. The highest BCUT2D eigenvalue weighted by atomic mass is 16.5. The lowest BCUT2D eigenvalue weighted by molar-refractivity contribution is -0.133. The van der Waals surface area contributed by atoms with Crippen LogP contribution in [0.1, 0.15) is 38.3 Å². The van der Waals surface area contributed by atoms with Gasteiger partial charge in [-0.3, -0.25) is 9.59 Å². The third-order valence-corrected chi connectivity index (χ3v) is 4.39. The third-order valence-electron chi connectivity index (χ3n) is 4.39. The topological polar surface area (TPSA) is 75.4 Å². The summed E-state index contributed by atoms with van der Waals surface area (Å²) in [7, 11) is 0. The van der Waals surface area contributed by atoms with Crippen molar-refractivity contribution < 1.29 is 14.1 Å². The van der Waals surface area contributed by atoms with Gasteiger partial charge >= 0.3 is 0 Å². The first-order chi connectivity index (χ1) is 11.7. The van der Waals surface area contributed by atoms with E-state index in [1.807, 2.05) is 36.1 Å². The molecule has 24 heavy (non-hydrogen) atoms. The highest BCUT2D eigenvalue weighted by Gasteiger charge is 2.25. The second kappa shape index (κ2) is 7.47. The van der Waals surface area contributed by atoms with E-state index in [4.69, 9.17) is 4.52 Å². The number of nitrogens with zero attached hydrogens (tertiary/aromatic N) is 2. The van der Waals surface area contributed by atoms with Crippen molar-refractivity contribution in [2.75, 3.05) is 13.1 Å². The van der Waals surface area contributed by atoms with E-state index in [1.54, 1.807) is 0 Å². The van der Waals surface area contributed by atoms with Crippen LogP contribution in [0.15, 0.2) is 28.8 Å². The van der Waals surface area contributed by atoms with Gasteiger partial charge in [0.05, 0.1) is 6.42 Å². The second-order valence-corrected chi connectivity index (χ2v) is 6.30. The average Bonchev–Trinajstić information content (AvgIpc) is 2.98. The van der Waals surface area contributed by atoms with E-state index in [0.717, 1.165) is 31.2 Å². The number of carbonyl (C=O) groups is 2. The van der Waals surface area contributed by atoms with Crippen LogP contribution in [-0.4, -0.2) is 41.0 Å². The van der Waals surface area contributed by atoms with Crippen molar-refractivity contribution in [2.24, 2.45) is 0 Å². The molecule has 128 valence electrons. The summed E-state index contributed by atoms with van der Waals surface area (Å²) in [6.07, 6.45) is 3.43. The molecule has 2 aromatic rings. The van der Waals surface area contributed by atoms with Crippen LogP contribution in [0, 0.1) is 0 Å². The second-order valence-electron chi connectivity index (χ2n) is 6.30. The number of carbonyl (C=O) groups excluding carboxylic acids is 2. The molecule has 0 radical (unpaired) electrons. The van der Waals surface area contributed by atoms with E-state index in [2.05, 4.69) is 10.5 Å². The van der Waals surface area contributed by atoms with E-state index >= 15 is 0 Å². The number of aromatic nitrogens is 1. The van der Waals surface area contributed by atoms with Gasteiger partial charge in [0.2, 0.25) is 11.8 Å². The van der Waals surface area contributed by atoms with Crippen LogP contribution in [0.2, 0.25) is 0 Å². The maximum absolute atomic E-state index is 12.6. The highest BCUT2D eigenvalue weighted by Crippen LogP contribution is 2.19. The molecule has 1 saturated heterocycles. The van der Waals surface area contributed by atoms with Gasteiger partial charge in [-0.1, -0.05) is 24.2 Å². The molecule has 1 aromatic carbocycles. The Labute approximate surface area is 141 Å². The quantitative estimate of drug-likeness (QED) is 0.913. The molecule has 1 unspecified atom stereocenters. The summed E-state index contributed by atoms with van der Waals surface area (Å²) < 4.78 is 5.26. The van der Waals surface area contributed by atoms with Gasteiger partial charge in [0, 0.05) is 30.9 Å². The first kappa shape index (κ1) is 16.5. The normalized spacial score (nSPS) is 17.9. The number of likely N-dealkylation sites (tertiary alicyclic amines) is 1. The predicted molar refractivity (Wildman–Crippen MR) is 90.4 cm³/mol. The first-order valence-corrected chi connectivity index (χ1v) is 8.57. The Kier molecular flexibility index (Phi) is 5.13. The summed E-state index contributed by atoms with van der Waals surface area (Å²) in [5.41, 5.74) is 1.37. The SMILES string of the molecule is CCCC(=O)NC1CCCN(C(=O)Cc2noc3ccccc23)C1. The molecular weight excluding hydrogens is 306 g/mol. The molecule has 6 heteroatoms. The fourth-order valence-corrected chi connectivity index (χ4v) is 3.17. The number of rotatable bonds is 5. The monoisotopic (exact) mass is 329 g/mol. The lowest BCUT2D eigenvalue weighted by Crippen LogP contribution is -2.50. The van der Waals surface area contributed by atoms with Gasteiger partial charge in [0.25, 0.3) is 0 Å². The molecule has 6 nitrogen and oxygen atoms in total. The number of fused-ring (bicyclic) bond motifs is 1. The summed E-state index contributed by atoms with van der Waals surface area (Å²) in [6.45, 7) is 3.29. The predicted octanol–water partition coefficient (Wildman–Crippen LogP) is 2.28. The average molecular weight is 329 g/mol. The van der Waals surface area contributed by atoms with E-state index in [1.165, 1.54) is 0 Å². The van der Waals surface area contributed by atoms with Gasteiger partial charge in [0.1, 0.15) is 5.69 Å². The van der Waals surface area contributed by atoms with Gasteiger partial charge in [-0.15, -0.1) is 0 Å². The van der Waals surface area contributed by atoms with Gasteiger partial charge in [-0.2, -0.15) is 0 Å². The van der Waals surface area contributed by atoms with Crippen LogP contribution in [0.25, 0.3) is 11.0 Å². The van der Waals surface area contributed by atoms with Crippen LogP contribution in [-0.2, 0) is 16.0 Å². The highest BCUT2D eigenvalue weighted by molar-refractivity contribution is 5.86. The third kappa shape index (κ3) is 3.75. The Hall–Kier alpha value is -2.37. The molecule has 0 spiro atoms. The summed E-state index contributed by atoms with van der Waals surface area (Å²) in [6, 6.07) is 7.60. The summed E-state index contributed by atoms with van der Waals surface area (Å²) in [4.78, 5) is 26.2. The summed E-state index contributed by atoms with van der Waals surface area (Å²) in [5, 5.41) is 7.94. The Morgan fingerprint density at radius 1 is 1.38 bits per heavy atom. The number of piperidine rings is 1. The largest absolute Gasteiger partial charge is 0.356 e. The van der Waals surface area contributed by atoms with Crippen molar-refractivity contribution in [3.05, 3.63) is 30.0 Å². The van der Waals surface area contributed by atoms with Gasteiger partial charge in [-0.05, 0) is 31.4 Å². The molecule has 0 saturated carbocycles. The van der Waals surface area contributed by atoms with Crippen molar-refractivity contribution in [3.63, 3.8) is 0 Å². The van der Waals surface area contributed by atoms with E-state index in [-0.39, 0.29) is 24.3 Å². The van der Waals surface area contributed by atoms with Gasteiger partial charge in [0.15, 0.2) is 5.58 Å². The standard InChI is InChI=1S/C18H23N3O3/c1-2-6-17(22)19-13-7-5-10-21(12-13)18(23)11-15-14-8-3-4-9-16(14)24-20-15/h3-4,8-9,13H,2,5-7,10-12H2,1H3,(H,19,22). The molecule has 0 aliphatic carbocycles. The van der Waals surface area contributed by atoms with E-state index < -0.39 is 0 Å². The van der Waals surface area contributed by atoms with E-state index in [9.17, 15) is 9.59 Å². The molecular formula is C18H23N3O3. The van der Waals surface area contributed by atoms with E-state index in [0.29, 0.717) is 24.2 Å². The molecule has 1 aliphatic heterocycles. The minimum absolute atomic E-state index is 0.0310. The molecule has 1 fully saturated rings. The zero-order valence-corrected chi connectivity index (χ0v) is 14.0. The number of amides is 2. The first-order valence-electron chi connectivity index (χ1n) is 8.57. The number of nitrogens with one attached hydrogen (secondary N) is 1.